The van der Waals surface area contributed by atoms with Crippen molar-refractivity contribution in [2.24, 2.45) is 12.8 Å². The van der Waals surface area contributed by atoms with Crippen molar-refractivity contribution < 1.29 is 9.47 Å². The average molecular weight is 282 g/mol. The minimum absolute atomic E-state index is 0.313. The minimum atomic E-state index is 0.313. The Hall–Kier alpha value is -1.72. The summed E-state index contributed by atoms with van der Waals surface area (Å²) in [6.07, 6.45) is 1.59. The van der Waals surface area contributed by atoms with Gasteiger partial charge in [-0.25, -0.2) is 4.98 Å². The summed E-state index contributed by atoms with van der Waals surface area (Å²) in [5.74, 6) is 2.05. The van der Waals surface area contributed by atoms with Crippen LogP contribution in [0.4, 0.5) is 0 Å². The van der Waals surface area contributed by atoms with Crippen LogP contribution in [0.2, 0.25) is 5.15 Å². The Morgan fingerprint density at radius 2 is 2.16 bits per heavy atom. The number of aromatic nitrogens is 2. The molecule has 0 saturated carbocycles. The van der Waals surface area contributed by atoms with Gasteiger partial charge >= 0.3 is 0 Å². The Balaban J connectivity index is 2.16. The third-order valence-corrected chi connectivity index (χ3v) is 3.20. The van der Waals surface area contributed by atoms with Crippen molar-refractivity contribution in [2.75, 3.05) is 7.11 Å². The zero-order valence-electron chi connectivity index (χ0n) is 10.9. The van der Waals surface area contributed by atoms with Gasteiger partial charge in [0.1, 0.15) is 17.6 Å². The number of nitrogens with zero attached hydrogens (tertiary/aromatic N) is 2. The van der Waals surface area contributed by atoms with Gasteiger partial charge in [-0.05, 0) is 17.7 Å². The van der Waals surface area contributed by atoms with Gasteiger partial charge in [-0.15, -0.1) is 0 Å². The van der Waals surface area contributed by atoms with Crippen LogP contribution in [-0.2, 0) is 20.2 Å². The highest BCUT2D eigenvalue weighted by Crippen LogP contribution is 2.28. The van der Waals surface area contributed by atoms with E-state index < -0.39 is 0 Å². The predicted octanol–water partition coefficient (Wildman–Crippen LogP) is 2.12. The van der Waals surface area contributed by atoms with Crippen LogP contribution in [0.1, 0.15) is 11.4 Å². The number of hydrogen-bond acceptors (Lipinski definition) is 4. The van der Waals surface area contributed by atoms with Gasteiger partial charge in [0.15, 0.2) is 11.5 Å². The van der Waals surface area contributed by atoms with Gasteiger partial charge in [0.25, 0.3) is 0 Å². The lowest BCUT2D eigenvalue weighted by atomic mass is 10.2. The van der Waals surface area contributed by atoms with Gasteiger partial charge in [0.2, 0.25) is 0 Å². The molecule has 0 amide bonds. The number of rotatable bonds is 5. The maximum absolute atomic E-state index is 5.92. The number of benzene rings is 1. The Kier molecular flexibility index (Phi) is 4.29. The molecule has 2 N–H and O–H groups in total. The third kappa shape index (κ3) is 3.00. The summed E-state index contributed by atoms with van der Waals surface area (Å²) >= 11 is 5.92. The maximum atomic E-state index is 5.92. The molecule has 0 fully saturated rings. The molecule has 0 atom stereocenters. The lowest BCUT2D eigenvalue weighted by molar-refractivity contribution is 0.273. The van der Waals surface area contributed by atoms with Crippen LogP contribution in [0.5, 0.6) is 11.5 Å². The highest BCUT2D eigenvalue weighted by molar-refractivity contribution is 6.29. The van der Waals surface area contributed by atoms with Gasteiger partial charge in [-0.2, -0.15) is 0 Å². The van der Waals surface area contributed by atoms with E-state index in [4.69, 9.17) is 26.8 Å². The van der Waals surface area contributed by atoms with Crippen LogP contribution < -0.4 is 15.2 Å². The van der Waals surface area contributed by atoms with E-state index in [9.17, 15) is 0 Å². The maximum Gasteiger partial charge on any atom is 0.162 e. The van der Waals surface area contributed by atoms with E-state index in [1.807, 2.05) is 25.2 Å². The van der Waals surface area contributed by atoms with Crippen LogP contribution >= 0.6 is 11.6 Å². The number of ether oxygens (including phenoxy) is 2. The molecule has 1 aromatic heterocycles. The first-order valence-corrected chi connectivity index (χ1v) is 6.19. The SMILES string of the molecule is COc1ccc(CN)cc1OCc1ncc(Cl)n1C. The van der Waals surface area contributed by atoms with Gasteiger partial charge in [0.05, 0.1) is 13.3 Å². The molecular formula is C13H16ClN3O2. The van der Waals surface area contributed by atoms with Gasteiger partial charge < -0.3 is 19.8 Å². The van der Waals surface area contributed by atoms with Crippen LogP contribution in [-0.4, -0.2) is 16.7 Å². The lowest BCUT2D eigenvalue weighted by Gasteiger charge is -2.12. The van der Waals surface area contributed by atoms with E-state index in [1.54, 1.807) is 17.9 Å². The summed E-state index contributed by atoms with van der Waals surface area (Å²) in [6.45, 7) is 0.766. The van der Waals surface area contributed by atoms with Crippen molar-refractivity contribution in [2.45, 2.75) is 13.2 Å². The standard InChI is InChI=1S/C13H16ClN3O2/c1-17-12(14)7-16-13(17)8-19-11-5-9(6-15)3-4-10(11)18-2/h3-5,7H,6,8,15H2,1-2H3. The second-order valence-electron chi connectivity index (χ2n) is 4.03. The summed E-state index contributed by atoms with van der Waals surface area (Å²) in [5.41, 5.74) is 6.59. The van der Waals surface area contributed by atoms with E-state index in [2.05, 4.69) is 4.98 Å². The second kappa shape index (κ2) is 5.95. The van der Waals surface area contributed by atoms with Crippen LogP contribution in [0.25, 0.3) is 0 Å². The molecule has 0 bridgehead atoms. The normalized spacial score (nSPS) is 10.5. The fourth-order valence-electron chi connectivity index (χ4n) is 1.66. The molecule has 0 radical (unpaired) electrons. The summed E-state index contributed by atoms with van der Waals surface area (Å²) in [6, 6.07) is 5.61. The fraction of sp³-hybridized carbons (Fsp3) is 0.308. The van der Waals surface area contributed by atoms with E-state index in [0.29, 0.717) is 29.8 Å². The molecule has 6 heteroatoms. The van der Waals surface area contributed by atoms with Crippen LogP contribution in [0, 0.1) is 0 Å². The monoisotopic (exact) mass is 281 g/mol. The molecule has 1 aromatic carbocycles. The highest BCUT2D eigenvalue weighted by Gasteiger charge is 2.09. The van der Waals surface area contributed by atoms with Gasteiger partial charge in [-0.3, -0.25) is 0 Å². The first-order valence-electron chi connectivity index (χ1n) is 5.81. The number of halogens is 1. The quantitative estimate of drug-likeness (QED) is 0.912. The van der Waals surface area contributed by atoms with Crippen molar-refractivity contribution in [3.63, 3.8) is 0 Å². The minimum Gasteiger partial charge on any atom is -0.493 e. The van der Waals surface area contributed by atoms with E-state index in [0.717, 1.165) is 11.4 Å². The molecule has 5 nitrogen and oxygen atoms in total. The van der Waals surface area contributed by atoms with Crippen molar-refractivity contribution in [3.8, 4) is 11.5 Å². The van der Waals surface area contributed by atoms with Crippen LogP contribution in [0.15, 0.2) is 24.4 Å². The Morgan fingerprint density at radius 1 is 1.37 bits per heavy atom. The first kappa shape index (κ1) is 13.7. The molecule has 19 heavy (non-hydrogen) atoms. The van der Waals surface area contributed by atoms with E-state index in [-0.39, 0.29) is 0 Å². The molecule has 2 aromatic rings. The molecular weight excluding hydrogens is 266 g/mol. The van der Waals surface area contributed by atoms with Crippen molar-refractivity contribution in [1.82, 2.24) is 9.55 Å². The van der Waals surface area contributed by atoms with Gasteiger partial charge in [0, 0.05) is 13.6 Å². The molecule has 2 rings (SSSR count). The predicted molar refractivity (Wildman–Crippen MR) is 73.4 cm³/mol. The molecule has 102 valence electrons. The fourth-order valence-corrected chi connectivity index (χ4v) is 1.81. The summed E-state index contributed by atoms with van der Waals surface area (Å²) in [5, 5.41) is 0.571. The number of imidazole rings is 1. The van der Waals surface area contributed by atoms with E-state index in [1.165, 1.54) is 0 Å². The van der Waals surface area contributed by atoms with E-state index >= 15 is 0 Å². The van der Waals surface area contributed by atoms with Crippen molar-refractivity contribution in [1.29, 1.82) is 0 Å². The molecule has 0 aliphatic rings. The van der Waals surface area contributed by atoms with Gasteiger partial charge in [-0.1, -0.05) is 17.7 Å². The molecule has 1 heterocycles. The van der Waals surface area contributed by atoms with Crippen LogP contribution in [0.3, 0.4) is 0 Å². The molecule has 0 aliphatic heterocycles. The molecule has 0 saturated heterocycles. The lowest BCUT2D eigenvalue weighted by Crippen LogP contribution is -2.05. The smallest absolute Gasteiger partial charge is 0.162 e. The zero-order valence-corrected chi connectivity index (χ0v) is 11.6. The third-order valence-electron chi connectivity index (χ3n) is 2.85. The summed E-state index contributed by atoms with van der Waals surface area (Å²) in [4.78, 5) is 4.17. The van der Waals surface area contributed by atoms with Crippen molar-refractivity contribution in [3.05, 3.63) is 40.9 Å². The Labute approximate surface area is 116 Å². The second-order valence-corrected chi connectivity index (χ2v) is 4.42. The topological polar surface area (TPSA) is 62.3 Å². The zero-order chi connectivity index (χ0) is 13.8. The summed E-state index contributed by atoms with van der Waals surface area (Å²) in [7, 11) is 3.43. The largest absolute Gasteiger partial charge is 0.493 e. The molecule has 0 spiro atoms. The van der Waals surface area contributed by atoms with Crippen molar-refractivity contribution >= 4 is 11.6 Å². The average Bonchev–Trinajstić information content (AvgIpc) is 2.76. The highest BCUT2D eigenvalue weighted by atomic mass is 35.5. The molecule has 0 aliphatic carbocycles. The molecule has 0 unspecified atom stereocenters. The number of hydrogen-bond donors (Lipinski definition) is 1. The number of nitrogens with two attached hydrogens (primary N) is 1. The number of methoxy groups -OCH3 is 1. The first-order chi connectivity index (χ1) is 9.15. The summed E-state index contributed by atoms with van der Waals surface area (Å²) < 4.78 is 12.7. The Morgan fingerprint density at radius 3 is 2.74 bits per heavy atom. The Bertz CT molecular complexity index is 569.